The third-order valence-electron chi connectivity index (χ3n) is 6.02. The van der Waals surface area contributed by atoms with Gasteiger partial charge in [0.1, 0.15) is 11.9 Å². The highest BCUT2D eigenvalue weighted by Crippen LogP contribution is 2.21. The standard InChI is InChI=1S/C24H30N4O4/c29-23(18-5-2-1-3-6-18)27-21(24(30)31)11-14-28-13-10-20(15-28)32-16-19-9-8-17-7-4-12-25-22(17)26-19/h1-3,5-6,8-9,20-21H,4,7,10-16H2,(H,25,26)(H,27,29)(H,30,31)/t20-,21+/m1/s1. The molecule has 1 aromatic carbocycles. The van der Waals surface area contributed by atoms with Gasteiger partial charge in [-0.25, -0.2) is 9.78 Å². The van der Waals surface area contributed by atoms with Gasteiger partial charge in [0, 0.05) is 31.7 Å². The van der Waals surface area contributed by atoms with Crippen LogP contribution in [0.2, 0.25) is 0 Å². The van der Waals surface area contributed by atoms with E-state index in [1.165, 1.54) is 5.56 Å². The number of carboxylic acids is 1. The molecule has 8 heteroatoms. The van der Waals surface area contributed by atoms with Crippen molar-refractivity contribution < 1.29 is 19.4 Å². The Hall–Kier alpha value is -2.97. The maximum atomic E-state index is 12.3. The van der Waals surface area contributed by atoms with Gasteiger partial charge >= 0.3 is 5.97 Å². The number of aryl methyl sites for hydroxylation is 1. The Morgan fingerprint density at radius 1 is 1.25 bits per heavy atom. The van der Waals surface area contributed by atoms with Crippen LogP contribution in [0.1, 0.15) is 40.9 Å². The minimum absolute atomic E-state index is 0.1000. The average molecular weight is 439 g/mol. The summed E-state index contributed by atoms with van der Waals surface area (Å²) in [5.41, 5.74) is 2.64. The predicted molar refractivity (Wildman–Crippen MR) is 121 cm³/mol. The van der Waals surface area contributed by atoms with E-state index < -0.39 is 12.0 Å². The largest absolute Gasteiger partial charge is 0.480 e. The summed E-state index contributed by atoms with van der Waals surface area (Å²) >= 11 is 0. The molecule has 2 aliphatic rings. The second kappa shape index (κ2) is 10.6. The monoisotopic (exact) mass is 438 g/mol. The van der Waals surface area contributed by atoms with E-state index in [4.69, 9.17) is 4.74 Å². The SMILES string of the molecule is O=C(N[C@@H](CCN1CC[C@@H](OCc2ccc3c(n2)NCCC3)C1)C(=O)O)c1ccccc1. The highest BCUT2D eigenvalue weighted by Gasteiger charge is 2.26. The molecule has 3 N–H and O–H groups in total. The van der Waals surface area contributed by atoms with Crippen LogP contribution >= 0.6 is 0 Å². The molecule has 1 aromatic heterocycles. The number of benzene rings is 1. The van der Waals surface area contributed by atoms with Crippen LogP contribution in [0.4, 0.5) is 5.82 Å². The van der Waals surface area contributed by atoms with E-state index in [1.807, 2.05) is 12.1 Å². The molecule has 2 aliphatic heterocycles. The third-order valence-corrected chi connectivity index (χ3v) is 6.02. The highest BCUT2D eigenvalue weighted by molar-refractivity contribution is 5.96. The number of likely N-dealkylation sites (tertiary alicyclic amines) is 1. The zero-order valence-corrected chi connectivity index (χ0v) is 18.1. The minimum Gasteiger partial charge on any atom is -0.480 e. The summed E-state index contributed by atoms with van der Waals surface area (Å²) < 4.78 is 6.07. The number of hydrogen-bond donors (Lipinski definition) is 3. The molecular weight excluding hydrogens is 408 g/mol. The first kappa shape index (κ1) is 22.2. The van der Waals surface area contributed by atoms with Crippen LogP contribution in [0.25, 0.3) is 0 Å². The first-order valence-electron chi connectivity index (χ1n) is 11.2. The number of carboxylic acid groups (broad SMARTS) is 1. The molecule has 1 saturated heterocycles. The lowest BCUT2D eigenvalue weighted by atomic mass is 10.1. The first-order chi connectivity index (χ1) is 15.6. The Morgan fingerprint density at radius 3 is 2.91 bits per heavy atom. The lowest BCUT2D eigenvalue weighted by Gasteiger charge is -2.20. The fourth-order valence-electron chi connectivity index (χ4n) is 4.19. The predicted octanol–water partition coefficient (Wildman–Crippen LogP) is 2.30. The van der Waals surface area contributed by atoms with Crippen molar-refractivity contribution in [2.24, 2.45) is 0 Å². The maximum absolute atomic E-state index is 12.3. The second-order valence-corrected chi connectivity index (χ2v) is 8.38. The molecule has 2 atom stereocenters. The van der Waals surface area contributed by atoms with Gasteiger partial charge in [0.25, 0.3) is 5.91 Å². The fourth-order valence-corrected chi connectivity index (χ4v) is 4.19. The number of nitrogens with zero attached hydrogens (tertiary/aromatic N) is 2. The Kier molecular flexibility index (Phi) is 7.34. The molecule has 0 spiro atoms. The number of carbonyl (C=O) groups excluding carboxylic acids is 1. The van der Waals surface area contributed by atoms with E-state index in [-0.39, 0.29) is 12.0 Å². The Morgan fingerprint density at radius 2 is 2.09 bits per heavy atom. The molecule has 4 rings (SSSR count). The minimum atomic E-state index is -1.02. The maximum Gasteiger partial charge on any atom is 0.326 e. The van der Waals surface area contributed by atoms with Gasteiger partial charge in [0.2, 0.25) is 0 Å². The average Bonchev–Trinajstić information content (AvgIpc) is 3.28. The number of amides is 1. The Balaban J connectivity index is 1.22. The molecule has 0 aliphatic carbocycles. The zero-order valence-electron chi connectivity index (χ0n) is 18.1. The van der Waals surface area contributed by atoms with Crippen molar-refractivity contribution in [2.45, 2.75) is 44.4 Å². The van der Waals surface area contributed by atoms with E-state index in [0.29, 0.717) is 25.1 Å². The van der Waals surface area contributed by atoms with E-state index in [9.17, 15) is 14.7 Å². The lowest BCUT2D eigenvalue weighted by Crippen LogP contribution is -2.43. The first-order valence-corrected chi connectivity index (χ1v) is 11.2. The summed E-state index contributed by atoms with van der Waals surface area (Å²) in [6.07, 6.45) is 3.55. The highest BCUT2D eigenvalue weighted by atomic mass is 16.5. The van der Waals surface area contributed by atoms with Crippen LogP contribution in [0.3, 0.4) is 0 Å². The number of anilines is 1. The normalized spacial score (nSPS) is 19.1. The molecule has 0 bridgehead atoms. The third kappa shape index (κ3) is 5.83. The van der Waals surface area contributed by atoms with Crippen LogP contribution < -0.4 is 10.6 Å². The molecule has 0 unspecified atom stereocenters. The summed E-state index contributed by atoms with van der Waals surface area (Å²) in [4.78, 5) is 30.8. The van der Waals surface area contributed by atoms with Crippen molar-refractivity contribution in [3.05, 3.63) is 59.3 Å². The van der Waals surface area contributed by atoms with Gasteiger partial charge < -0.3 is 25.4 Å². The summed E-state index contributed by atoms with van der Waals surface area (Å²) in [5, 5.41) is 15.5. The zero-order chi connectivity index (χ0) is 22.3. The van der Waals surface area contributed by atoms with E-state index in [1.54, 1.807) is 24.3 Å². The smallest absolute Gasteiger partial charge is 0.326 e. The Labute approximate surface area is 188 Å². The van der Waals surface area contributed by atoms with Crippen LogP contribution in [0, 0.1) is 0 Å². The van der Waals surface area contributed by atoms with Gasteiger partial charge in [-0.2, -0.15) is 0 Å². The molecule has 1 fully saturated rings. The summed E-state index contributed by atoms with van der Waals surface area (Å²) in [6, 6.07) is 11.9. The fraction of sp³-hybridized carbons (Fsp3) is 0.458. The summed E-state index contributed by atoms with van der Waals surface area (Å²) in [5.74, 6) is -0.413. The van der Waals surface area contributed by atoms with Crippen molar-refractivity contribution in [2.75, 3.05) is 31.5 Å². The second-order valence-electron chi connectivity index (χ2n) is 8.38. The molecule has 1 amide bonds. The van der Waals surface area contributed by atoms with Crippen molar-refractivity contribution in [1.82, 2.24) is 15.2 Å². The molecule has 0 radical (unpaired) electrons. The van der Waals surface area contributed by atoms with Crippen molar-refractivity contribution >= 4 is 17.7 Å². The van der Waals surface area contributed by atoms with Gasteiger partial charge in [-0.15, -0.1) is 0 Å². The number of aromatic nitrogens is 1. The molecular formula is C24H30N4O4. The van der Waals surface area contributed by atoms with E-state index in [2.05, 4.69) is 26.6 Å². The molecule has 8 nitrogen and oxygen atoms in total. The van der Waals surface area contributed by atoms with Crippen LogP contribution in [-0.2, 0) is 22.6 Å². The number of nitrogens with one attached hydrogen (secondary N) is 2. The van der Waals surface area contributed by atoms with Gasteiger partial charge in [-0.3, -0.25) is 4.79 Å². The van der Waals surface area contributed by atoms with Gasteiger partial charge in [0.05, 0.1) is 18.4 Å². The number of ether oxygens (including phenoxy) is 1. The van der Waals surface area contributed by atoms with Crippen LogP contribution in [0.5, 0.6) is 0 Å². The van der Waals surface area contributed by atoms with E-state index >= 15 is 0 Å². The molecule has 2 aromatic rings. The van der Waals surface area contributed by atoms with Gasteiger partial charge in [-0.1, -0.05) is 24.3 Å². The molecule has 32 heavy (non-hydrogen) atoms. The summed E-state index contributed by atoms with van der Waals surface area (Å²) in [6.45, 7) is 3.63. The molecule has 0 saturated carbocycles. The van der Waals surface area contributed by atoms with Crippen molar-refractivity contribution in [1.29, 1.82) is 0 Å². The topological polar surface area (TPSA) is 104 Å². The van der Waals surface area contributed by atoms with Crippen molar-refractivity contribution in [3.8, 4) is 0 Å². The number of rotatable bonds is 9. The molecule has 170 valence electrons. The number of carbonyl (C=O) groups is 2. The lowest BCUT2D eigenvalue weighted by molar-refractivity contribution is -0.139. The van der Waals surface area contributed by atoms with Crippen LogP contribution in [0.15, 0.2) is 42.5 Å². The number of hydrogen-bond acceptors (Lipinski definition) is 6. The van der Waals surface area contributed by atoms with Gasteiger partial charge in [0.15, 0.2) is 0 Å². The van der Waals surface area contributed by atoms with Crippen LogP contribution in [-0.4, -0.2) is 65.2 Å². The van der Waals surface area contributed by atoms with E-state index in [0.717, 1.165) is 50.4 Å². The van der Waals surface area contributed by atoms with Gasteiger partial charge in [-0.05, 0) is 49.4 Å². The summed E-state index contributed by atoms with van der Waals surface area (Å²) in [7, 11) is 0. The number of fused-ring (bicyclic) bond motifs is 1. The Bertz CT molecular complexity index is 937. The quantitative estimate of drug-likeness (QED) is 0.552. The van der Waals surface area contributed by atoms with Crippen molar-refractivity contribution in [3.63, 3.8) is 0 Å². The molecule has 3 heterocycles. The number of pyridine rings is 1. The number of aliphatic carboxylic acids is 1.